The Morgan fingerprint density at radius 2 is 1.59 bits per heavy atom. The molecule has 2 unspecified atom stereocenters. The number of nitrogens with zero attached hydrogens (tertiary/aromatic N) is 2. The van der Waals surface area contributed by atoms with Crippen LogP contribution in [0.1, 0.15) is 43.5 Å². The van der Waals surface area contributed by atoms with E-state index >= 15 is 0 Å². The Balaban J connectivity index is 1.72. The number of aryl methyl sites for hydroxylation is 1. The second-order valence-electron chi connectivity index (χ2n) is 11.6. The molecule has 2 atom stereocenters. The second kappa shape index (κ2) is 13.7. The van der Waals surface area contributed by atoms with Crippen molar-refractivity contribution in [2.24, 2.45) is 0 Å². The zero-order valence-electron chi connectivity index (χ0n) is 25.2. The lowest BCUT2D eigenvalue weighted by Gasteiger charge is -2.33. The van der Waals surface area contributed by atoms with E-state index in [4.69, 9.17) is 4.74 Å². The Morgan fingerprint density at radius 3 is 2.23 bits per heavy atom. The quantitative estimate of drug-likeness (QED) is 0.204. The number of hydrogen-bond donors (Lipinski definition) is 3. The van der Waals surface area contributed by atoms with Crippen molar-refractivity contribution in [1.82, 2.24) is 10.2 Å². The fourth-order valence-electron chi connectivity index (χ4n) is 4.79. The summed E-state index contributed by atoms with van der Waals surface area (Å²) in [6.45, 7) is 6.59. The summed E-state index contributed by atoms with van der Waals surface area (Å²) in [6, 6.07) is 26.2. The van der Waals surface area contributed by atoms with E-state index in [1.807, 2.05) is 61.5 Å². The summed E-state index contributed by atoms with van der Waals surface area (Å²) < 4.78 is 5.43. The number of alkyl carbamates (subject to hydrolysis) is 1. The SMILES string of the molecule is Cc1ccc(C(C(=O)Nc2ccc3ccccc3c2)N(CC#N)C(=O)C(Cc2ccc(O)cc2)NC(=O)OC(C)(C)C)cc1. The molecule has 4 rings (SSSR count). The third-order valence-corrected chi connectivity index (χ3v) is 6.86. The average molecular weight is 593 g/mol. The third kappa shape index (κ3) is 8.35. The second-order valence-corrected chi connectivity index (χ2v) is 11.6. The van der Waals surface area contributed by atoms with Crippen LogP contribution < -0.4 is 10.6 Å². The van der Waals surface area contributed by atoms with Crippen molar-refractivity contribution in [3.8, 4) is 11.8 Å². The van der Waals surface area contributed by atoms with Crippen molar-refractivity contribution in [2.45, 2.75) is 51.8 Å². The molecule has 9 heteroatoms. The Kier molecular flexibility index (Phi) is 9.86. The summed E-state index contributed by atoms with van der Waals surface area (Å²) in [5, 5.41) is 27.1. The van der Waals surface area contributed by atoms with Crippen molar-refractivity contribution in [2.75, 3.05) is 11.9 Å². The summed E-state index contributed by atoms with van der Waals surface area (Å²) in [4.78, 5) is 42.4. The van der Waals surface area contributed by atoms with Gasteiger partial charge in [0.15, 0.2) is 0 Å². The van der Waals surface area contributed by atoms with Gasteiger partial charge in [-0.2, -0.15) is 5.26 Å². The van der Waals surface area contributed by atoms with E-state index in [9.17, 15) is 24.8 Å². The van der Waals surface area contributed by atoms with Gasteiger partial charge in [0.25, 0.3) is 5.91 Å². The molecule has 226 valence electrons. The smallest absolute Gasteiger partial charge is 0.408 e. The number of nitrogens with one attached hydrogen (secondary N) is 2. The first-order chi connectivity index (χ1) is 20.9. The lowest BCUT2D eigenvalue weighted by Crippen LogP contribution is -2.53. The van der Waals surface area contributed by atoms with Gasteiger partial charge in [-0.25, -0.2) is 4.79 Å². The number of phenols is 1. The molecule has 0 saturated carbocycles. The van der Waals surface area contributed by atoms with Gasteiger partial charge < -0.3 is 25.4 Å². The molecule has 9 nitrogen and oxygen atoms in total. The van der Waals surface area contributed by atoms with Crippen LogP contribution in [0.15, 0.2) is 91.0 Å². The number of fused-ring (bicyclic) bond motifs is 1. The van der Waals surface area contributed by atoms with Crippen molar-refractivity contribution >= 4 is 34.4 Å². The van der Waals surface area contributed by atoms with Crippen molar-refractivity contribution < 1.29 is 24.2 Å². The number of carbonyl (C=O) groups is 3. The first-order valence-corrected chi connectivity index (χ1v) is 14.2. The molecule has 3 N–H and O–H groups in total. The highest BCUT2D eigenvalue weighted by molar-refractivity contribution is 6.00. The largest absolute Gasteiger partial charge is 0.508 e. The molecule has 0 radical (unpaired) electrons. The molecule has 0 spiro atoms. The maximum atomic E-state index is 14.3. The lowest BCUT2D eigenvalue weighted by molar-refractivity contribution is -0.140. The van der Waals surface area contributed by atoms with Gasteiger partial charge >= 0.3 is 6.09 Å². The molecule has 0 aliphatic rings. The maximum Gasteiger partial charge on any atom is 0.408 e. The first kappa shape index (κ1) is 31.6. The molecular formula is C35H36N4O5. The monoisotopic (exact) mass is 592 g/mol. The number of hydrogen-bond acceptors (Lipinski definition) is 6. The van der Waals surface area contributed by atoms with Crippen LogP contribution in [0, 0.1) is 18.3 Å². The fourth-order valence-corrected chi connectivity index (χ4v) is 4.79. The van der Waals surface area contributed by atoms with Crippen LogP contribution in [-0.4, -0.2) is 46.1 Å². The number of rotatable bonds is 9. The molecule has 0 aliphatic heterocycles. The summed E-state index contributed by atoms with van der Waals surface area (Å²) in [7, 11) is 0. The van der Waals surface area contributed by atoms with Gasteiger partial charge in [-0.15, -0.1) is 0 Å². The molecule has 4 aromatic carbocycles. The number of anilines is 1. The Hall–Kier alpha value is -5.36. The minimum atomic E-state index is -1.20. The van der Waals surface area contributed by atoms with Crippen LogP contribution in [0.4, 0.5) is 10.5 Å². The van der Waals surface area contributed by atoms with E-state index in [1.165, 1.54) is 17.0 Å². The van der Waals surface area contributed by atoms with Crippen molar-refractivity contribution in [3.05, 3.63) is 108 Å². The van der Waals surface area contributed by atoms with E-state index in [1.54, 1.807) is 51.1 Å². The van der Waals surface area contributed by atoms with Crippen LogP contribution in [0.25, 0.3) is 10.8 Å². The molecule has 0 fully saturated rings. The van der Waals surface area contributed by atoms with Crippen LogP contribution in [0.2, 0.25) is 0 Å². The number of aromatic hydroxyl groups is 1. The van der Waals surface area contributed by atoms with E-state index in [-0.39, 0.29) is 12.2 Å². The molecule has 0 bridgehead atoms. The van der Waals surface area contributed by atoms with Crippen LogP contribution in [-0.2, 0) is 20.7 Å². The predicted molar refractivity (Wildman–Crippen MR) is 169 cm³/mol. The standard InChI is InChI=1S/C35H36N4O5/c1-23-9-13-26(14-10-23)31(32(41)37-28-16-15-25-7-5-6-8-27(25)22-28)39(20-19-36)33(42)30(38-34(43)44-35(2,3)4)21-24-11-17-29(40)18-12-24/h5-18,22,30-31,40H,20-21H2,1-4H3,(H,37,41)(H,38,43). The Morgan fingerprint density at radius 1 is 0.932 bits per heavy atom. The van der Waals surface area contributed by atoms with E-state index in [0.717, 1.165) is 16.3 Å². The van der Waals surface area contributed by atoms with Gasteiger partial charge in [0.1, 0.15) is 30.0 Å². The fraction of sp³-hybridized carbons (Fsp3) is 0.257. The number of benzene rings is 4. The van der Waals surface area contributed by atoms with Gasteiger partial charge in [-0.3, -0.25) is 9.59 Å². The number of carbonyl (C=O) groups excluding carboxylic acids is 3. The van der Waals surface area contributed by atoms with Crippen LogP contribution in [0.5, 0.6) is 5.75 Å². The first-order valence-electron chi connectivity index (χ1n) is 14.2. The van der Waals surface area contributed by atoms with Gasteiger partial charge in [0.2, 0.25) is 5.91 Å². The van der Waals surface area contributed by atoms with E-state index in [2.05, 4.69) is 10.6 Å². The topological polar surface area (TPSA) is 132 Å². The Labute approximate surface area is 257 Å². The molecule has 0 saturated heterocycles. The zero-order valence-corrected chi connectivity index (χ0v) is 25.2. The molecule has 0 heterocycles. The number of amides is 3. The van der Waals surface area contributed by atoms with Gasteiger partial charge in [0.05, 0.1) is 6.07 Å². The van der Waals surface area contributed by atoms with Crippen molar-refractivity contribution in [3.63, 3.8) is 0 Å². The van der Waals surface area contributed by atoms with Gasteiger partial charge in [-0.05, 0) is 73.9 Å². The number of nitriles is 1. The normalized spacial score (nSPS) is 12.4. The summed E-state index contributed by atoms with van der Waals surface area (Å²) in [5.74, 6) is -1.12. The minimum absolute atomic E-state index is 0.0210. The maximum absolute atomic E-state index is 14.3. The molecule has 44 heavy (non-hydrogen) atoms. The average Bonchev–Trinajstić information content (AvgIpc) is 2.97. The highest BCUT2D eigenvalue weighted by Gasteiger charge is 2.36. The summed E-state index contributed by atoms with van der Waals surface area (Å²) in [6.07, 6.45) is -0.799. The van der Waals surface area contributed by atoms with Gasteiger partial charge in [-0.1, -0.05) is 72.3 Å². The van der Waals surface area contributed by atoms with Crippen LogP contribution >= 0.6 is 0 Å². The Bertz CT molecular complexity index is 1670. The number of phenolic OH excluding ortho intramolecular Hbond substituents is 1. The summed E-state index contributed by atoms with van der Waals surface area (Å²) in [5.41, 5.74) is 1.80. The minimum Gasteiger partial charge on any atom is -0.508 e. The molecule has 3 amide bonds. The number of ether oxygens (including phenoxy) is 1. The third-order valence-electron chi connectivity index (χ3n) is 6.86. The molecule has 0 aromatic heterocycles. The summed E-state index contributed by atoms with van der Waals surface area (Å²) >= 11 is 0. The highest BCUT2D eigenvalue weighted by Crippen LogP contribution is 2.27. The van der Waals surface area contributed by atoms with E-state index < -0.39 is 42.1 Å². The van der Waals surface area contributed by atoms with Crippen molar-refractivity contribution in [1.29, 1.82) is 5.26 Å². The molecule has 4 aromatic rings. The highest BCUT2D eigenvalue weighted by atomic mass is 16.6. The van der Waals surface area contributed by atoms with Gasteiger partial charge in [0, 0.05) is 12.1 Å². The molecular weight excluding hydrogens is 556 g/mol. The van der Waals surface area contributed by atoms with Crippen LogP contribution in [0.3, 0.4) is 0 Å². The zero-order chi connectivity index (χ0) is 31.9. The predicted octanol–water partition coefficient (Wildman–Crippen LogP) is 6.02. The van der Waals surface area contributed by atoms with E-state index in [0.29, 0.717) is 16.8 Å². The molecule has 0 aliphatic carbocycles. The lowest BCUT2D eigenvalue weighted by atomic mass is 9.99.